The molecule has 2 heterocycles. The van der Waals surface area contributed by atoms with Crippen LogP contribution in [0.3, 0.4) is 0 Å². The summed E-state index contributed by atoms with van der Waals surface area (Å²) < 4.78 is 3.45. The normalized spacial score (nSPS) is 12.5. The number of rotatable bonds is 0. The Balaban J connectivity index is 2.78. The molecule has 0 amide bonds. The van der Waals surface area contributed by atoms with E-state index < -0.39 is 0 Å². The Morgan fingerprint density at radius 1 is 1.38 bits per heavy atom. The summed E-state index contributed by atoms with van der Waals surface area (Å²) in [6.45, 7) is 6.50. The molecule has 2 aromatic heterocycles. The van der Waals surface area contributed by atoms with E-state index in [1.807, 2.05) is 6.07 Å². The largest absolute Gasteiger partial charge is 0.385 e. The smallest absolute Gasteiger partial charge is 0.105 e. The molecule has 2 aromatic rings. The van der Waals surface area contributed by atoms with Crippen LogP contribution in [0.1, 0.15) is 20.8 Å². The van der Waals surface area contributed by atoms with Crippen molar-refractivity contribution in [2.24, 2.45) is 0 Å². The van der Waals surface area contributed by atoms with Crippen molar-refractivity contribution in [2.75, 3.05) is 5.73 Å². The van der Waals surface area contributed by atoms with Crippen LogP contribution in [0.15, 0.2) is 17.5 Å². The maximum Gasteiger partial charge on any atom is 0.105 e. The van der Waals surface area contributed by atoms with Gasteiger partial charge in [-0.05, 0) is 38.3 Å². The van der Waals surface area contributed by atoms with Gasteiger partial charge in [0.25, 0.3) is 0 Å². The zero-order valence-corrected chi connectivity index (χ0v) is 8.98. The number of anilines is 1. The van der Waals surface area contributed by atoms with Gasteiger partial charge in [0.05, 0.1) is 10.2 Å². The summed E-state index contributed by atoms with van der Waals surface area (Å²) >= 11 is 1.74. The maximum absolute atomic E-state index is 5.95. The van der Waals surface area contributed by atoms with E-state index in [9.17, 15) is 0 Å². The molecular formula is C10H14N2S. The van der Waals surface area contributed by atoms with Gasteiger partial charge >= 0.3 is 0 Å². The van der Waals surface area contributed by atoms with Crippen LogP contribution in [0.25, 0.3) is 10.2 Å². The van der Waals surface area contributed by atoms with E-state index in [0.29, 0.717) is 0 Å². The van der Waals surface area contributed by atoms with Crippen molar-refractivity contribution in [1.29, 1.82) is 0 Å². The standard InChI is InChI=1S/C10H14N2S/c1-10(2,3)12-7-4-5-13-8(7)6-9(12)11/h4-6H,11H2,1-3H3. The number of nitrogen functional groups attached to an aromatic ring is 1. The molecule has 0 aliphatic carbocycles. The summed E-state index contributed by atoms with van der Waals surface area (Å²) in [6, 6.07) is 4.17. The van der Waals surface area contributed by atoms with Crippen LogP contribution in [0.2, 0.25) is 0 Å². The zero-order chi connectivity index (χ0) is 9.64. The van der Waals surface area contributed by atoms with Crippen molar-refractivity contribution in [3.8, 4) is 0 Å². The number of nitrogens with two attached hydrogens (primary N) is 1. The summed E-state index contributed by atoms with van der Waals surface area (Å²) in [7, 11) is 0. The predicted octanol–water partition coefficient (Wildman–Crippen LogP) is 3.04. The molecule has 0 spiro atoms. The summed E-state index contributed by atoms with van der Waals surface area (Å²) in [5, 5.41) is 2.10. The van der Waals surface area contributed by atoms with Crippen molar-refractivity contribution in [3.05, 3.63) is 17.5 Å². The van der Waals surface area contributed by atoms with Crippen LogP contribution in [-0.4, -0.2) is 4.57 Å². The Morgan fingerprint density at radius 3 is 2.69 bits per heavy atom. The first-order chi connectivity index (χ1) is 6.00. The van der Waals surface area contributed by atoms with Gasteiger partial charge in [-0.2, -0.15) is 0 Å². The van der Waals surface area contributed by atoms with Gasteiger partial charge in [-0.1, -0.05) is 0 Å². The number of hydrogen-bond donors (Lipinski definition) is 1. The van der Waals surface area contributed by atoms with Crippen molar-refractivity contribution in [3.63, 3.8) is 0 Å². The first-order valence-electron chi connectivity index (χ1n) is 4.35. The van der Waals surface area contributed by atoms with Crippen molar-refractivity contribution in [2.45, 2.75) is 26.3 Å². The lowest BCUT2D eigenvalue weighted by Gasteiger charge is -2.23. The fraction of sp³-hybridized carbons (Fsp3) is 0.400. The first-order valence-corrected chi connectivity index (χ1v) is 5.23. The summed E-state index contributed by atoms with van der Waals surface area (Å²) in [5.41, 5.74) is 7.26. The second-order valence-electron chi connectivity index (χ2n) is 4.25. The van der Waals surface area contributed by atoms with Gasteiger partial charge in [0.15, 0.2) is 0 Å². The number of fused-ring (bicyclic) bond motifs is 1. The second kappa shape index (κ2) is 2.51. The molecule has 0 fully saturated rings. The maximum atomic E-state index is 5.95. The van der Waals surface area contributed by atoms with Crippen LogP contribution in [0.5, 0.6) is 0 Å². The molecule has 0 bridgehead atoms. The minimum atomic E-state index is 0.0624. The molecule has 70 valence electrons. The monoisotopic (exact) mass is 194 g/mol. The van der Waals surface area contributed by atoms with Crippen LogP contribution in [0.4, 0.5) is 5.82 Å². The number of nitrogens with zero attached hydrogens (tertiary/aromatic N) is 1. The molecule has 2 rings (SSSR count). The topological polar surface area (TPSA) is 30.9 Å². The third kappa shape index (κ3) is 1.23. The lowest BCUT2D eigenvalue weighted by molar-refractivity contribution is 0.417. The van der Waals surface area contributed by atoms with Crippen LogP contribution in [0, 0.1) is 0 Å². The number of hydrogen-bond acceptors (Lipinski definition) is 2. The fourth-order valence-electron chi connectivity index (χ4n) is 1.69. The van der Waals surface area contributed by atoms with Gasteiger partial charge in [-0.25, -0.2) is 0 Å². The SMILES string of the molecule is CC(C)(C)n1c(N)cc2sccc21. The summed E-state index contributed by atoms with van der Waals surface area (Å²) in [5.74, 6) is 0.856. The molecule has 0 atom stereocenters. The van der Waals surface area contributed by atoms with E-state index in [-0.39, 0.29) is 5.54 Å². The van der Waals surface area contributed by atoms with Gasteiger partial charge in [0.2, 0.25) is 0 Å². The highest BCUT2D eigenvalue weighted by molar-refractivity contribution is 7.17. The fourth-order valence-corrected chi connectivity index (χ4v) is 2.51. The molecule has 0 aromatic carbocycles. The van der Waals surface area contributed by atoms with Crippen LogP contribution >= 0.6 is 11.3 Å². The van der Waals surface area contributed by atoms with Gasteiger partial charge in [0.1, 0.15) is 5.82 Å². The average Bonchev–Trinajstić information content (AvgIpc) is 2.41. The minimum absolute atomic E-state index is 0.0624. The van der Waals surface area contributed by atoms with Crippen LogP contribution < -0.4 is 5.73 Å². The summed E-state index contributed by atoms with van der Waals surface area (Å²) in [6.07, 6.45) is 0. The Bertz CT molecular complexity index is 431. The quantitative estimate of drug-likeness (QED) is 0.686. The second-order valence-corrected chi connectivity index (χ2v) is 5.19. The van der Waals surface area contributed by atoms with Crippen molar-refractivity contribution < 1.29 is 0 Å². The Morgan fingerprint density at radius 2 is 2.08 bits per heavy atom. The predicted molar refractivity (Wildman–Crippen MR) is 59.2 cm³/mol. The molecule has 0 unspecified atom stereocenters. The number of thiophene rings is 1. The molecule has 2 nitrogen and oxygen atoms in total. The third-order valence-electron chi connectivity index (χ3n) is 2.12. The van der Waals surface area contributed by atoms with E-state index in [0.717, 1.165) is 5.82 Å². The highest BCUT2D eigenvalue weighted by atomic mass is 32.1. The van der Waals surface area contributed by atoms with E-state index in [2.05, 4.69) is 36.8 Å². The lowest BCUT2D eigenvalue weighted by Crippen LogP contribution is -2.22. The van der Waals surface area contributed by atoms with Gasteiger partial charge < -0.3 is 10.3 Å². The molecular weight excluding hydrogens is 180 g/mol. The van der Waals surface area contributed by atoms with E-state index >= 15 is 0 Å². The average molecular weight is 194 g/mol. The first kappa shape index (κ1) is 8.63. The van der Waals surface area contributed by atoms with Crippen molar-refractivity contribution >= 4 is 27.4 Å². The summed E-state index contributed by atoms with van der Waals surface area (Å²) in [4.78, 5) is 0. The van der Waals surface area contributed by atoms with E-state index in [4.69, 9.17) is 5.73 Å². The highest BCUT2D eigenvalue weighted by Crippen LogP contribution is 2.31. The molecule has 13 heavy (non-hydrogen) atoms. The molecule has 0 aliphatic rings. The molecule has 0 aliphatic heterocycles. The minimum Gasteiger partial charge on any atom is -0.385 e. The van der Waals surface area contributed by atoms with Gasteiger partial charge in [-0.15, -0.1) is 11.3 Å². The molecule has 0 radical (unpaired) electrons. The molecule has 0 saturated heterocycles. The van der Waals surface area contributed by atoms with Crippen molar-refractivity contribution in [1.82, 2.24) is 4.57 Å². The lowest BCUT2D eigenvalue weighted by atomic mass is 10.1. The molecule has 2 N–H and O–H groups in total. The van der Waals surface area contributed by atoms with E-state index in [1.165, 1.54) is 10.2 Å². The third-order valence-corrected chi connectivity index (χ3v) is 2.98. The zero-order valence-electron chi connectivity index (χ0n) is 8.16. The highest BCUT2D eigenvalue weighted by Gasteiger charge is 2.18. The molecule has 0 saturated carbocycles. The Kier molecular flexibility index (Phi) is 1.67. The van der Waals surface area contributed by atoms with Gasteiger partial charge in [-0.3, -0.25) is 0 Å². The molecule has 3 heteroatoms. The number of aromatic nitrogens is 1. The van der Waals surface area contributed by atoms with Crippen LogP contribution in [-0.2, 0) is 5.54 Å². The Labute approximate surface area is 82.0 Å². The van der Waals surface area contributed by atoms with Gasteiger partial charge in [0, 0.05) is 5.54 Å². The Hall–Kier alpha value is -0.960. The van der Waals surface area contributed by atoms with E-state index in [1.54, 1.807) is 11.3 Å².